The van der Waals surface area contributed by atoms with Crippen LogP contribution in [0.1, 0.15) is 23.3 Å². The van der Waals surface area contributed by atoms with Crippen LogP contribution in [-0.2, 0) is 0 Å². The zero-order valence-corrected chi connectivity index (χ0v) is 8.37. The van der Waals surface area contributed by atoms with E-state index in [1.165, 1.54) is 6.20 Å². The van der Waals surface area contributed by atoms with Gasteiger partial charge in [-0.05, 0) is 12.8 Å². The number of hydrogen-bond donors (Lipinski definition) is 1. The number of carbonyl (C=O) groups is 1. The molecule has 1 aliphatic rings. The van der Waals surface area contributed by atoms with Gasteiger partial charge in [-0.3, -0.25) is 4.79 Å². The molecule has 14 heavy (non-hydrogen) atoms. The predicted molar refractivity (Wildman–Crippen MR) is 51.2 cm³/mol. The third-order valence-corrected chi connectivity index (χ3v) is 2.64. The Morgan fingerprint density at radius 3 is 3.21 bits per heavy atom. The van der Waals surface area contributed by atoms with E-state index < -0.39 is 0 Å². The van der Waals surface area contributed by atoms with Crippen LogP contribution in [0.3, 0.4) is 0 Å². The maximum Gasteiger partial charge on any atom is 0.276 e. The second-order valence-corrected chi connectivity index (χ2v) is 3.96. The number of carbonyl (C=O) groups excluding carboxylic acids is 1. The summed E-state index contributed by atoms with van der Waals surface area (Å²) < 4.78 is 0. The predicted octanol–water partition coefficient (Wildman–Crippen LogP) is 0.648. The summed E-state index contributed by atoms with van der Waals surface area (Å²) in [6.45, 7) is 1.36. The Labute approximate surface area is 86.4 Å². The van der Waals surface area contributed by atoms with Crippen LogP contribution >= 0.6 is 11.6 Å². The molecule has 1 saturated heterocycles. The van der Waals surface area contributed by atoms with Crippen molar-refractivity contribution >= 4 is 17.5 Å². The molecule has 0 aliphatic carbocycles. The molecule has 1 aromatic rings. The summed E-state index contributed by atoms with van der Waals surface area (Å²) in [5.41, 5.74) is 0.357. The van der Waals surface area contributed by atoms with Crippen molar-refractivity contribution in [3.63, 3.8) is 0 Å². The van der Waals surface area contributed by atoms with Gasteiger partial charge in [0, 0.05) is 13.1 Å². The van der Waals surface area contributed by atoms with Gasteiger partial charge in [0.15, 0.2) is 5.69 Å². The summed E-state index contributed by atoms with van der Waals surface area (Å²) in [5.74, 6) is -0.0934. The first kappa shape index (κ1) is 9.45. The lowest BCUT2D eigenvalue weighted by atomic mass is 10.1. The van der Waals surface area contributed by atoms with Crippen LogP contribution in [0.25, 0.3) is 0 Å². The highest BCUT2D eigenvalue weighted by Crippen LogP contribution is 2.16. The summed E-state index contributed by atoms with van der Waals surface area (Å²) in [4.78, 5) is 13.5. The molecule has 6 heteroatoms. The number of nitrogens with zero attached hydrogens (tertiary/aromatic N) is 3. The number of aromatic amines is 1. The van der Waals surface area contributed by atoms with E-state index in [4.69, 9.17) is 11.6 Å². The molecule has 1 aromatic heterocycles. The van der Waals surface area contributed by atoms with Gasteiger partial charge in [0.1, 0.15) is 0 Å². The number of amides is 1. The van der Waals surface area contributed by atoms with Crippen LogP contribution < -0.4 is 0 Å². The summed E-state index contributed by atoms with van der Waals surface area (Å²) in [5, 5.41) is 9.84. The Hall–Kier alpha value is -1.10. The lowest BCUT2D eigenvalue weighted by Crippen LogP contribution is -2.40. The Bertz CT molecular complexity index is 313. The van der Waals surface area contributed by atoms with Crippen LogP contribution in [0.15, 0.2) is 6.20 Å². The van der Waals surface area contributed by atoms with E-state index in [1.807, 2.05) is 0 Å². The molecule has 1 unspecified atom stereocenters. The number of aromatic nitrogens is 3. The van der Waals surface area contributed by atoms with Crippen LogP contribution in [0.2, 0.25) is 0 Å². The highest BCUT2D eigenvalue weighted by molar-refractivity contribution is 6.21. The minimum atomic E-state index is -0.0934. The van der Waals surface area contributed by atoms with Gasteiger partial charge < -0.3 is 4.90 Å². The number of H-pyrrole nitrogens is 1. The van der Waals surface area contributed by atoms with E-state index in [9.17, 15) is 4.79 Å². The molecule has 0 radical (unpaired) electrons. The summed E-state index contributed by atoms with van der Waals surface area (Å²) in [6.07, 6.45) is 3.36. The largest absolute Gasteiger partial charge is 0.336 e. The van der Waals surface area contributed by atoms with Gasteiger partial charge in [-0.1, -0.05) is 0 Å². The highest BCUT2D eigenvalue weighted by atomic mass is 35.5. The minimum Gasteiger partial charge on any atom is -0.336 e. The van der Waals surface area contributed by atoms with Gasteiger partial charge in [0.05, 0.1) is 11.6 Å². The number of likely N-dealkylation sites (tertiary alicyclic amines) is 1. The second kappa shape index (κ2) is 3.96. The van der Waals surface area contributed by atoms with E-state index >= 15 is 0 Å². The Balaban J connectivity index is 2.04. The van der Waals surface area contributed by atoms with Crippen molar-refractivity contribution in [3.8, 4) is 0 Å². The van der Waals surface area contributed by atoms with Crippen molar-refractivity contribution in [3.05, 3.63) is 11.9 Å². The van der Waals surface area contributed by atoms with Crippen molar-refractivity contribution in [2.45, 2.75) is 18.2 Å². The molecule has 0 bridgehead atoms. The van der Waals surface area contributed by atoms with E-state index in [2.05, 4.69) is 15.4 Å². The van der Waals surface area contributed by atoms with E-state index in [1.54, 1.807) is 4.90 Å². The fourth-order valence-electron chi connectivity index (χ4n) is 1.58. The van der Waals surface area contributed by atoms with Gasteiger partial charge >= 0.3 is 0 Å². The lowest BCUT2D eigenvalue weighted by molar-refractivity contribution is 0.0721. The summed E-state index contributed by atoms with van der Waals surface area (Å²) >= 11 is 5.98. The first-order chi connectivity index (χ1) is 6.77. The van der Waals surface area contributed by atoms with Crippen molar-refractivity contribution in [2.24, 2.45) is 0 Å². The monoisotopic (exact) mass is 214 g/mol. The molecule has 5 nitrogen and oxygen atoms in total. The number of nitrogens with one attached hydrogen (secondary N) is 1. The SMILES string of the molecule is O=C(c1cn[nH]n1)N1CCCC(Cl)C1. The molecular weight excluding hydrogens is 204 g/mol. The number of piperidine rings is 1. The minimum absolute atomic E-state index is 0.0691. The van der Waals surface area contributed by atoms with Gasteiger partial charge in [0.2, 0.25) is 0 Å². The Morgan fingerprint density at radius 2 is 2.57 bits per heavy atom. The molecule has 0 spiro atoms. The highest BCUT2D eigenvalue weighted by Gasteiger charge is 2.24. The normalized spacial score (nSPS) is 22.4. The summed E-state index contributed by atoms with van der Waals surface area (Å²) in [7, 11) is 0. The summed E-state index contributed by atoms with van der Waals surface area (Å²) in [6, 6.07) is 0. The van der Waals surface area contributed by atoms with Crippen molar-refractivity contribution in [1.29, 1.82) is 0 Å². The van der Waals surface area contributed by atoms with Crippen molar-refractivity contribution in [2.75, 3.05) is 13.1 Å². The zero-order chi connectivity index (χ0) is 9.97. The van der Waals surface area contributed by atoms with Gasteiger partial charge in [-0.25, -0.2) is 0 Å². The van der Waals surface area contributed by atoms with Crippen LogP contribution in [0, 0.1) is 0 Å². The third-order valence-electron chi connectivity index (χ3n) is 2.29. The van der Waals surface area contributed by atoms with Crippen LogP contribution in [0.4, 0.5) is 0 Å². The molecule has 0 saturated carbocycles. The van der Waals surface area contributed by atoms with Crippen molar-refractivity contribution in [1.82, 2.24) is 20.3 Å². The molecule has 76 valence electrons. The van der Waals surface area contributed by atoms with Gasteiger partial charge in [0.25, 0.3) is 5.91 Å². The van der Waals surface area contributed by atoms with E-state index in [0.29, 0.717) is 12.2 Å². The number of alkyl halides is 1. The topological polar surface area (TPSA) is 61.9 Å². The Kier molecular flexibility index (Phi) is 2.67. The van der Waals surface area contributed by atoms with Crippen LogP contribution in [0.5, 0.6) is 0 Å². The lowest BCUT2D eigenvalue weighted by Gasteiger charge is -2.28. The molecule has 1 aliphatic heterocycles. The maximum atomic E-state index is 11.8. The van der Waals surface area contributed by atoms with E-state index in [-0.39, 0.29) is 11.3 Å². The number of rotatable bonds is 1. The molecule has 2 rings (SSSR count). The molecule has 1 fully saturated rings. The Morgan fingerprint density at radius 1 is 1.71 bits per heavy atom. The van der Waals surface area contributed by atoms with Gasteiger partial charge in [-0.2, -0.15) is 15.4 Å². The first-order valence-corrected chi connectivity index (χ1v) is 5.00. The fraction of sp³-hybridized carbons (Fsp3) is 0.625. The van der Waals surface area contributed by atoms with Crippen LogP contribution in [-0.4, -0.2) is 44.7 Å². The average molecular weight is 215 g/mol. The van der Waals surface area contributed by atoms with Gasteiger partial charge in [-0.15, -0.1) is 11.6 Å². The molecule has 0 aromatic carbocycles. The number of hydrogen-bond acceptors (Lipinski definition) is 3. The molecule has 1 amide bonds. The molecule has 1 N–H and O–H groups in total. The second-order valence-electron chi connectivity index (χ2n) is 3.35. The van der Waals surface area contributed by atoms with E-state index in [0.717, 1.165) is 19.4 Å². The van der Waals surface area contributed by atoms with Crippen molar-refractivity contribution < 1.29 is 4.79 Å². The zero-order valence-electron chi connectivity index (χ0n) is 7.61. The molecular formula is C8H11ClN4O. The number of halogens is 1. The molecule has 2 heterocycles. The first-order valence-electron chi connectivity index (χ1n) is 4.56. The maximum absolute atomic E-state index is 11.8. The molecule has 1 atom stereocenters. The third kappa shape index (κ3) is 1.87. The standard InChI is InChI=1S/C8H11ClN4O/c9-6-2-1-3-13(5-6)8(14)7-4-10-12-11-7/h4,6H,1-3,5H2,(H,10,11,12). The average Bonchev–Trinajstić information content (AvgIpc) is 2.69. The smallest absolute Gasteiger partial charge is 0.276 e. The quantitative estimate of drug-likeness (QED) is 0.699. The fourth-order valence-corrected chi connectivity index (χ4v) is 1.90.